The van der Waals surface area contributed by atoms with Crippen molar-refractivity contribution in [2.75, 3.05) is 25.6 Å². The van der Waals surface area contributed by atoms with Crippen LogP contribution >= 0.6 is 34.3 Å². The number of halogens is 1. The molecule has 4 rings (SSSR count). The number of methoxy groups -OCH3 is 1. The number of thiazole rings is 1. The zero-order valence-corrected chi connectivity index (χ0v) is 23.2. The van der Waals surface area contributed by atoms with Crippen molar-refractivity contribution >= 4 is 51.2 Å². The number of rotatable bonds is 12. The zero-order chi connectivity index (χ0) is 26.4. The van der Waals surface area contributed by atoms with Gasteiger partial charge in [0.15, 0.2) is 5.13 Å². The van der Waals surface area contributed by atoms with Crippen LogP contribution < -0.4 is 10.1 Å². The minimum absolute atomic E-state index is 0.0890. The SMILES string of the molecule is COCCCOc1ccc(-c2nc(Nc3ncc(-c4cccs4)cc3C(=O)O)sc2CC(C)C)cc1Cl. The number of carboxylic acids is 1. The Morgan fingerprint density at radius 3 is 2.70 bits per heavy atom. The van der Waals surface area contributed by atoms with Crippen LogP contribution in [0.1, 0.15) is 35.5 Å². The standard InChI is InChI=1S/C27H28ClN3O4S2/c1-16(2)12-23-24(17-7-8-21(20(28)14-17)35-10-5-9-34-3)30-27(37-23)31-25-19(26(32)33)13-18(15-29-25)22-6-4-11-36-22/h4,6-8,11,13-16H,5,9-10,12H2,1-3H3,(H,32,33)(H,29,30,31). The van der Waals surface area contributed by atoms with Crippen LogP contribution in [-0.2, 0) is 11.2 Å². The van der Waals surface area contributed by atoms with E-state index in [0.29, 0.717) is 35.0 Å². The first-order valence-corrected chi connectivity index (χ1v) is 13.9. The molecule has 1 aromatic carbocycles. The quantitative estimate of drug-likeness (QED) is 0.173. The second kappa shape index (κ2) is 12.5. The van der Waals surface area contributed by atoms with Crippen LogP contribution in [0.4, 0.5) is 10.9 Å². The second-order valence-electron chi connectivity index (χ2n) is 8.76. The molecule has 10 heteroatoms. The number of hydrogen-bond donors (Lipinski definition) is 2. The lowest BCUT2D eigenvalue weighted by atomic mass is 10.0. The number of nitrogens with one attached hydrogen (secondary N) is 1. The highest BCUT2D eigenvalue weighted by molar-refractivity contribution is 7.16. The Kier molecular flexibility index (Phi) is 9.15. The molecule has 7 nitrogen and oxygen atoms in total. The van der Waals surface area contributed by atoms with E-state index in [1.807, 2.05) is 35.7 Å². The van der Waals surface area contributed by atoms with Gasteiger partial charge in [0, 0.05) is 47.2 Å². The molecule has 194 valence electrons. The fourth-order valence-electron chi connectivity index (χ4n) is 3.70. The van der Waals surface area contributed by atoms with Crippen LogP contribution in [0.15, 0.2) is 48.0 Å². The molecule has 3 aromatic heterocycles. The second-order valence-corrected chi connectivity index (χ2v) is 11.2. The monoisotopic (exact) mass is 557 g/mol. The average molecular weight is 558 g/mol. The number of aromatic nitrogens is 2. The van der Waals surface area contributed by atoms with E-state index >= 15 is 0 Å². The number of ether oxygens (including phenoxy) is 2. The first-order valence-electron chi connectivity index (χ1n) is 11.8. The summed E-state index contributed by atoms with van der Waals surface area (Å²) in [6.45, 7) is 5.43. The van der Waals surface area contributed by atoms with Crippen molar-refractivity contribution in [1.82, 2.24) is 9.97 Å². The number of benzene rings is 1. The topological polar surface area (TPSA) is 93.6 Å². The lowest BCUT2D eigenvalue weighted by Crippen LogP contribution is -2.05. The van der Waals surface area contributed by atoms with Crippen molar-refractivity contribution in [1.29, 1.82) is 0 Å². The summed E-state index contributed by atoms with van der Waals surface area (Å²) in [4.78, 5) is 23.3. The first-order chi connectivity index (χ1) is 17.9. The number of hydrogen-bond acceptors (Lipinski definition) is 8. The molecule has 37 heavy (non-hydrogen) atoms. The Balaban J connectivity index is 1.62. The summed E-state index contributed by atoms with van der Waals surface area (Å²) >= 11 is 9.55. The highest BCUT2D eigenvalue weighted by Gasteiger charge is 2.19. The van der Waals surface area contributed by atoms with Gasteiger partial charge in [-0.2, -0.15) is 0 Å². The molecular weight excluding hydrogens is 530 g/mol. The van der Waals surface area contributed by atoms with Crippen LogP contribution in [0.2, 0.25) is 5.02 Å². The Bertz CT molecular complexity index is 1360. The van der Waals surface area contributed by atoms with Gasteiger partial charge in [0.1, 0.15) is 17.1 Å². The van der Waals surface area contributed by atoms with Gasteiger partial charge in [-0.25, -0.2) is 14.8 Å². The summed E-state index contributed by atoms with van der Waals surface area (Å²) in [7, 11) is 1.66. The van der Waals surface area contributed by atoms with E-state index in [2.05, 4.69) is 24.1 Å². The molecule has 2 N–H and O–H groups in total. The van der Waals surface area contributed by atoms with Gasteiger partial charge < -0.3 is 19.9 Å². The van der Waals surface area contributed by atoms with E-state index in [1.54, 1.807) is 19.4 Å². The van der Waals surface area contributed by atoms with Gasteiger partial charge >= 0.3 is 5.97 Å². The minimum atomic E-state index is -1.06. The van der Waals surface area contributed by atoms with E-state index in [-0.39, 0.29) is 11.4 Å². The molecule has 3 heterocycles. The Labute approximate surface area is 229 Å². The van der Waals surface area contributed by atoms with Crippen LogP contribution in [0.5, 0.6) is 5.75 Å². The third-order valence-corrected chi connectivity index (χ3v) is 7.60. The average Bonchev–Trinajstić information content (AvgIpc) is 3.53. The Morgan fingerprint density at radius 1 is 1.19 bits per heavy atom. The third-order valence-electron chi connectivity index (χ3n) is 5.40. The molecule has 0 saturated carbocycles. The number of carbonyl (C=O) groups is 1. The Morgan fingerprint density at radius 2 is 2.03 bits per heavy atom. The lowest BCUT2D eigenvalue weighted by molar-refractivity contribution is 0.0697. The van der Waals surface area contributed by atoms with Crippen molar-refractivity contribution in [3.8, 4) is 27.4 Å². The fraction of sp³-hybridized carbons (Fsp3) is 0.296. The number of thiophene rings is 1. The lowest BCUT2D eigenvalue weighted by Gasteiger charge is -2.10. The van der Waals surface area contributed by atoms with Gasteiger partial charge in [0.25, 0.3) is 0 Å². The number of pyridine rings is 1. The van der Waals surface area contributed by atoms with Gasteiger partial charge in [0.2, 0.25) is 0 Å². The highest BCUT2D eigenvalue weighted by Crippen LogP contribution is 2.38. The minimum Gasteiger partial charge on any atom is -0.492 e. The predicted octanol–water partition coefficient (Wildman–Crippen LogP) is 7.64. The number of anilines is 2. The van der Waals surface area contributed by atoms with E-state index in [4.69, 9.17) is 26.1 Å². The molecule has 0 bridgehead atoms. The summed E-state index contributed by atoms with van der Waals surface area (Å²) in [5.41, 5.74) is 2.53. The van der Waals surface area contributed by atoms with Gasteiger partial charge in [-0.1, -0.05) is 31.5 Å². The summed E-state index contributed by atoms with van der Waals surface area (Å²) in [6.07, 6.45) is 3.27. The largest absolute Gasteiger partial charge is 0.492 e. The van der Waals surface area contributed by atoms with Crippen LogP contribution in [0.3, 0.4) is 0 Å². The van der Waals surface area contributed by atoms with Gasteiger partial charge in [0.05, 0.1) is 17.3 Å². The van der Waals surface area contributed by atoms with Crippen molar-refractivity contribution in [3.63, 3.8) is 0 Å². The molecule has 0 aliphatic carbocycles. The van der Waals surface area contributed by atoms with Crippen molar-refractivity contribution in [3.05, 3.63) is 63.4 Å². The predicted molar refractivity (Wildman–Crippen MR) is 151 cm³/mol. The van der Waals surface area contributed by atoms with E-state index in [0.717, 1.165) is 39.4 Å². The maximum Gasteiger partial charge on any atom is 0.339 e. The summed E-state index contributed by atoms with van der Waals surface area (Å²) in [5, 5.41) is 16.0. The van der Waals surface area contributed by atoms with Gasteiger partial charge in [-0.05, 0) is 48.1 Å². The molecule has 0 radical (unpaired) electrons. The van der Waals surface area contributed by atoms with Crippen LogP contribution in [0, 0.1) is 5.92 Å². The number of carboxylic acid groups (broad SMARTS) is 1. The van der Waals surface area contributed by atoms with Gasteiger partial charge in [-0.15, -0.1) is 22.7 Å². The summed E-state index contributed by atoms with van der Waals surface area (Å²) < 4.78 is 10.8. The molecule has 0 spiro atoms. The van der Waals surface area contributed by atoms with Crippen molar-refractivity contribution < 1.29 is 19.4 Å². The fourth-order valence-corrected chi connectivity index (χ4v) is 5.84. The van der Waals surface area contributed by atoms with Crippen LogP contribution in [0.25, 0.3) is 21.7 Å². The zero-order valence-electron chi connectivity index (χ0n) is 20.8. The van der Waals surface area contributed by atoms with Crippen molar-refractivity contribution in [2.24, 2.45) is 5.92 Å². The number of nitrogens with zero attached hydrogens (tertiary/aromatic N) is 2. The molecule has 0 unspecified atom stereocenters. The van der Waals surface area contributed by atoms with E-state index in [1.165, 1.54) is 22.7 Å². The maximum absolute atomic E-state index is 12.0. The molecular formula is C27H28ClN3O4S2. The molecule has 0 saturated heterocycles. The summed E-state index contributed by atoms with van der Waals surface area (Å²) in [5.74, 6) is 0.216. The van der Waals surface area contributed by atoms with E-state index in [9.17, 15) is 9.90 Å². The van der Waals surface area contributed by atoms with Crippen LogP contribution in [-0.4, -0.2) is 41.4 Å². The first kappa shape index (κ1) is 27.1. The van der Waals surface area contributed by atoms with Crippen molar-refractivity contribution in [2.45, 2.75) is 26.7 Å². The smallest absolute Gasteiger partial charge is 0.339 e. The molecule has 0 fully saturated rings. The van der Waals surface area contributed by atoms with E-state index < -0.39 is 5.97 Å². The summed E-state index contributed by atoms with van der Waals surface area (Å²) in [6, 6.07) is 11.1. The molecule has 0 atom stereocenters. The number of aromatic carboxylic acids is 1. The molecule has 0 aliphatic rings. The normalized spacial score (nSPS) is 11.2. The van der Waals surface area contributed by atoms with Gasteiger partial charge in [-0.3, -0.25) is 0 Å². The maximum atomic E-state index is 12.0. The Hall–Kier alpha value is -2.98. The molecule has 0 amide bonds. The highest BCUT2D eigenvalue weighted by atomic mass is 35.5. The third kappa shape index (κ3) is 6.87. The molecule has 4 aromatic rings. The molecule has 0 aliphatic heterocycles.